The number of carbonyl (C=O) groups excluding carboxylic acids is 1. The van der Waals surface area contributed by atoms with Crippen LogP contribution in [0.15, 0.2) is 24.3 Å². The maximum absolute atomic E-state index is 11.7. The molecule has 1 aliphatic rings. The summed E-state index contributed by atoms with van der Waals surface area (Å²) in [7, 11) is 0. The summed E-state index contributed by atoms with van der Waals surface area (Å²) in [5.41, 5.74) is 0.934. The predicted molar refractivity (Wildman–Crippen MR) is 71.1 cm³/mol. The molecule has 3 heteroatoms. The van der Waals surface area contributed by atoms with Crippen molar-refractivity contribution in [2.24, 2.45) is 5.92 Å². The first-order valence-corrected chi connectivity index (χ1v) is 6.78. The van der Waals surface area contributed by atoms with Crippen LogP contribution in [0.25, 0.3) is 0 Å². The third kappa shape index (κ3) is 4.06. The number of phenols is 1. The number of phenolic OH excluding ortho intramolecular Hbond substituents is 1. The molecule has 1 aromatic rings. The van der Waals surface area contributed by atoms with E-state index in [4.69, 9.17) is 0 Å². The van der Waals surface area contributed by atoms with Gasteiger partial charge in [-0.15, -0.1) is 0 Å². The van der Waals surface area contributed by atoms with Crippen molar-refractivity contribution in [1.29, 1.82) is 0 Å². The van der Waals surface area contributed by atoms with Crippen molar-refractivity contribution >= 4 is 5.91 Å². The third-order valence-electron chi connectivity index (χ3n) is 3.65. The van der Waals surface area contributed by atoms with Crippen LogP contribution in [0.4, 0.5) is 0 Å². The van der Waals surface area contributed by atoms with Gasteiger partial charge in [0.15, 0.2) is 0 Å². The van der Waals surface area contributed by atoms with Gasteiger partial charge in [-0.05, 0) is 30.0 Å². The highest BCUT2D eigenvalue weighted by molar-refractivity contribution is 5.75. The van der Waals surface area contributed by atoms with Crippen molar-refractivity contribution < 1.29 is 9.90 Å². The first-order chi connectivity index (χ1) is 8.74. The van der Waals surface area contributed by atoms with E-state index in [1.807, 2.05) is 6.07 Å². The molecule has 0 spiro atoms. The molecule has 0 atom stereocenters. The van der Waals surface area contributed by atoms with Crippen LogP contribution in [0.3, 0.4) is 0 Å². The molecule has 0 bridgehead atoms. The van der Waals surface area contributed by atoms with Crippen LogP contribution in [0, 0.1) is 5.92 Å². The molecule has 1 amide bonds. The zero-order valence-corrected chi connectivity index (χ0v) is 10.7. The van der Waals surface area contributed by atoms with E-state index >= 15 is 0 Å². The number of benzene rings is 1. The summed E-state index contributed by atoms with van der Waals surface area (Å²) in [6.07, 6.45) is 6.89. The maximum atomic E-state index is 11.7. The Kier molecular flexibility index (Phi) is 4.62. The van der Waals surface area contributed by atoms with Crippen LogP contribution in [0.2, 0.25) is 0 Å². The Morgan fingerprint density at radius 3 is 2.83 bits per heavy atom. The van der Waals surface area contributed by atoms with Crippen molar-refractivity contribution in [3.8, 4) is 5.75 Å². The number of hydrogen-bond donors (Lipinski definition) is 2. The lowest BCUT2D eigenvalue weighted by atomic mass is 10.0. The average molecular weight is 247 g/mol. The minimum Gasteiger partial charge on any atom is -0.508 e. The third-order valence-corrected chi connectivity index (χ3v) is 3.65. The highest BCUT2D eigenvalue weighted by Gasteiger charge is 2.15. The van der Waals surface area contributed by atoms with E-state index in [1.165, 1.54) is 25.7 Å². The van der Waals surface area contributed by atoms with Crippen LogP contribution >= 0.6 is 0 Å². The van der Waals surface area contributed by atoms with Crippen molar-refractivity contribution in [2.45, 2.75) is 45.1 Å². The lowest BCUT2D eigenvalue weighted by Crippen LogP contribution is -2.22. The van der Waals surface area contributed by atoms with Gasteiger partial charge >= 0.3 is 0 Å². The average Bonchev–Trinajstić information content (AvgIpc) is 2.87. The normalized spacial score (nSPS) is 15.8. The Labute approximate surface area is 108 Å². The minimum absolute atomic E-state index is 0.116. The fourth-order valence-corrected chi connectivity index (χ4v) is 2.59. The molecule has 0 saturated heterocycles. The molecule has 0 unspecified atom stereocenters. The fourth-order valence-electron chi connectivity index (χ4n) is 2.59. The summed E-state index contributed by atoms with van der Waals surface area (Å²) in [4.78, 5) is 11.7. The molecule has 0 aliphatic heterocycles. The van der Waals surface area contributed by atoms with Gasteiger partial charge in [-0.3, -0.25) is 4.79 Å². The first-order valence-electron chi connectivity index (χ1n) is 6.78. The summed E-state index contributed by atoms with van der Waals surface area (Å²) in [5.74, 6) is 1.12. The smallest absolute Gasteiger partial charge is 0.220 e. The molecule has 3 nitrogen and oxygen atoms in total. The van der Waals surface area contributed by atoms with Crippen LogP contribution < -0.4 is 5.32 Å². The summed E-state index contributed by atoms with van der Waals surface area (Å²) in [6, 6.07) is 7.00. The predicted octanol–water partition coefficient (Wildman–Crippen LogP) is 2.98. The maximum Gasteiger partial charge on any atom is 0.220 e. The number of aromatic hydroxyl groups is 1. The van der Waals surface area contributed by atoms with Gasteiger partial charge in [-0.1, -0.05) is 37.8 Å². The van der Waals surface area contributed by atoms with E-state index in [0.29, 0.717) is 13.0 Å². The Morgan fingerprint density at radius 2 is 2.11 bits per heavy atom. The standard InChI is InChI=1S/C15H21NO2/c17-14-7-3-6-13(10-14)11-16-15(18)9-8-12-4-1-2-5-12/h3,6-7,10,12,17H,1-2,4-5,8-9,11H2,(H,16,18). The Bertz CT molecular complexity index is 397. The Balaban J connectivity index is 1.68. The lowest BCUT2D eigenvalue weighted by molar-refractivity contribution is -0.121. The van der Waals surface area contributed by atoms with Crippen molar-refractivity contribution in [3.05, 3.63) is 29.8 Å². The van der Waals surface area contributed by atoms with E-state index in [1.54, 1.807) is 18.2 Å². The van der Waals surface area contributed by atoms with Gasteiger partial charge in [-0.2, -0.15) is 0 Å². The second-order valence-corrected chi connectivity index (χ2v) is 5.14. The summed E-state index contributed by atoms with van der Waals surface area (Å²) < 4.78 is 0. The SMILES string of the molecule is O=C(CCC1CCCC1)NCc1cccc(O)c1. The highest BCUT2D eigenvalue weighted by Crippen LogP contribution is 2.28. The van der Waals surface area contributed by atoms with Crippen LogP contribution in [0.5, 0.6) is 5.75 Å². The van der Waals surface area contributed by atoms with Gasteiger partial charge in [0.25, 0.3) is 0 Å². The zero-order chi connectivity index (χ0) is 12.8. The molecule has 1 saturated carbocycles. The van der Waals surface area contributed by atoms with Gasteiger partial charge in [-0.25, -0.2) is 0 Å². The largest absolute Gasteiger partial charge is 0.508 e. The van der Waals surface area contributed by atoms with Crippen LogP contribution in [-0.4, -0.2) is 11.0 Å². The van der Waals surface area contributed by atoms with E-state index in [2.05, 4.69) is 5.32 Å². The molecular formula is C15H21NO2. The van der Waals surface area contributed by atoms with E-state index in [0.717, 1.165) is 17.9 Å². The van der Waals surface area contributed by atoms with Crippen LogP contribution in [-0.2, 0) is 11.3 Å². The fraction of sp³-hybridized carbons (Fsp3) is 0.533. The van der Waals surface area contributed by atoms with Crippen molar-refractivity contribution in [1.82, 2.24) is 5.32 Å². The zero-order valence-electron chi connectivity index (χ0n) is 10.7. The molecule has 0 heterocycles. The topological polar surface area (TPSA) is 49.3 Å². The van der Waals surface area contributed by atoms with E-state index < -0.39 is 0 Å². The molecule has 98 valence electrons. The Morgan fingerprint density at radius 1 is 1.33 bits per heavy atom. The molecule has 0 aromatic heterocycles. The molecule has 2 N–H and O–H groups in total. The molecule has 1 fully saturated rings. The second kappa shape index (κ2) is 6.43. The Hall–Kier alpha value is -1.51. The van der Waals surface area contributed by atoms with Gasteiger partial charge in [0.1, 0.15) is 5.75 Å². The molecule has 1 aliphatic carbocycles. The lowest BCUT2D eigenvalue weighted by Gasteiger charge is -2.09. The van der Waals surface area contributed by atoms with Gasteiger partial charge in [0.05, 0.1) is 0 Å². The number of rotatable bonds is 5. The molecule has 18 heavy (non-hydrogen) atoms. The summed E-state index contributed by atoms with van der Waals surface area (Å²) in [6.45, 7) is 0.498. The highest BCUT2D eigenvalue weighted by atomic mass is 16.3. The summed E-state index contributed by atoms with van der Waals surface area (Å²) in [5, 5.41) is 12.2. The monoisotopic (exact) mass is 247 g/mol. The van der Waals surface area contributed by atoms with E-state index in [9.17, 15) is 9.90 Å². The number of amides is 1. The van der Waals surface area contributed by atoms with Crippen molar-refractivity contribution in [3.63, 3.8) is 0 Å². The van der Waals surface area contributed by atoms with Gasteiger partial charge in [0.2, 0.25) is 5.91 Å². The van der Waals surface area contributed by atoms with Crippen LogP contribution in [0.1, 0.15) is 44.1 Å². The van der Waals surface area contributed by atoms with Gasteiger partial charge in [0, 0.05) is 13.0 Å². The molecule has 2 rings (SSSR count). The first kappa shape index (κ1) is 12.9. The van der Waals surface area contributed by atoms with E-state index in [-0.39, 0.29) is 11.7 Å². The summed E-state index contributed by atoms with van der Waals surface area (Å²) >= 11 is 0. The minimum atomic E-state index is 0.116. The number of hydrogen-bond acceptors (Lipinski definition) is 2. The molecule has 0 radical (unpaired) electrons. The molecular weight excluding hydrogens is 226 g/mol. The quantitative estimate of drug-likeness (QED) is 0.840. The number of carbonyl (C=O) groups is 1. The second-order valence-electron chi connectivity index (χ2n) is 5.14. The van der Waals surface area contributed by atoms with Gasteiger partial charge < -0.3 is 10.4 Å². The number of nitrogens with one attached hydrogen (secondary N) is 1. The molecule has 1 aromatic carbocycles. The van der Waals surface area contributed by atoms with Crippen molar-refractivity contribution in [2.75, 3.05) is 0 Å².